The predicted molar refractivity (Wildman–Crippen MR) is 69.8 cm³/mol. The zero-order valence-electron chi connectivity index (χ0n) is 10.3. The van der Waals surface area contributed by atoms with Crippen LogP contribution >= 0.6 is 0 Å². The SMILES string of the molecule is Cn1c(=O)oc2cc(C(O)c3ccccc3)cnc21. The van der Waals surface area contributed by atoms with Gasteiger partial charge in [-0.2, -0.15) is 0 Å². The minimum absolute atomic E-state index is 0.375. The van der Waals surface area contributed by atoms with Crippen LogP contribution in [0, 0.1) is 0 Å². The lowest BCUT2D eigenvalue weighted by Crippen LogP contribution is -2.09. The van der Waals surface area contributed by atoms with Crippen LogP contribution in [0.5, 0.6) is 0 Å². The van der Waals surface area contributed by atoms with Crippen molar-refractivity contribution in [2.75, 3.05) is 0 Å². The van der Waals surface area contributed by atoms with E-state index < -0.39 is 11.9 Å². The van der Waals surface area contributed by atoms with Crippen molar-refractivity contribution in [2.45, 2.75) is 6.10 Å². The fraction of sp³-hybridized carbons (Fsp3) is 0.143. The molecule has 5 heteroatoms. The van der Waals surface area contributed by atoms with Gasteiger partial charge in [-0.05, 0) is 11.6 Å². The molecule has 0 fully saturated rings. The van der Waals surface area contributed by atoms with E-state index >= 15 is 0 Å². The second-order valence-corrected chi connectivity index (χ2v) is 4.33. The summed E-state index contributed by atoms with van der Waals surface area (Å²) in [7, 11) is 1.59. The van der Waals surface area contributed by atoms with E-state index in [1.165, 1.54) is 4.57 Å². The molecular weight excluding hydrogens is 244 g/mol. The molecule has 1 N–H and O–H groups in total. The Hall–Kier alpha value is -2.40. The van der Waals surface area contributed by atoms with Crippen molar-refractivity contribution < 1.29 is 9.52 Å². The van der Waals surface area contributed by atoms with E-state index in [1.807, 2.05) is 30.3 Å². The molecule has 0 spiro atoms. The van der Waals surface area contributed by atoms with Gasteiger partial charge in [0.2, 0.25) is 0 Å². The normalized spacial score (nSPS) is 12.7. The van der Waals surface area contributed by atoms with E-state index in [0.29, 0.717) is 16.8 Å². The first-order valence-electron chi connectivity index (χ1n) is 5.85. The fourth-order valence-electron chi connectivity index (χ4n) is 2.01. The van der Waals surface area contributed by atoms with Gasteiger partial charge in [0.25, 0.3) is 0 Å². The van der Waals surface area contributed by atoms with Gasteiger partial charge in [-0.15, -0.1) is 0 Å². The molecule has 3 aromatic rings. The number of pyridine rings is 1. The van der Waals surface area contributed by atoms with E-state index in [9.17, 15) is 9.90 Å². The summed E-state index contributed by atoms with van der Waals surface area (Å²) in [6.45, 7) is 0. The highest BCUT2D eigenvalue weighted by Crippen LogP contribution is 2.23. The highest BCUT2D eigenvalue weighted by atomic mass is 16.4. The highest BCUT2D eigenvalue weighted by molar-refractivity contribution is 5.68. The molecule has 2 heterocycles. The number of aromatic nitrogens is 2. The third-order valence-corrected chi connectivity index (χ3v) is 3.07. The van der Waals surface area contributed by atoms with Gasteiger partial charge >= 0.3 is 5.76 Å². The van der Waals surface area contributed by atoms with Crippen LogP contribution in [0.1, 0.15) is 17.2 Å². The zero-order valence-corrected chi connectivity index (χ0v) is 10.3. The summed E-state index contributed by atoms with van der Waals surface area (Å²) in [6, 6.07) is 10.9. The first kappa shape index (κ1) is 11.7. The Bertz CT molecular complexity index is 774. The van der Waals surface area contributed by atoms with Crippen LogP contribution in [0.3, 0.4) is 0 Å². The molecule has 0 radical (unpaired) electrons. The van der Waals surface area contributed by atoms with E-state index in [1.54, 1.807) is 19.3 Å². The van der Waals surface area contributed by atoms with Crippen LogP contribution in [0.25, 0.3) is 11.2 Å². The smallest absolute Gasteiger partial charge is 0.406 e. The third-order valence-electron chi connectivity index (χ3n) is 3.07. The van der Waals surface area contributed by atoms with Crippen molar-refractivity contribution in [1.82, 2.24) is 9.55 Å². The summed E-state index contributed by atoms with van der Waals surface area (Å²) in [5, 5.41) is 10.3. The Kier molecular flexibility index (Phi) is 2.68. The second-order valence-electron chi connectivity index (χ2n) is 4.33. The highest BCUT2D eigenvalue weighted by Gasteiger charge is 2.14. The van der Waals surface area contributed by atoms with Gasteiger partial charge in [-0.1, -0.05) is 30.3 Å². The zero-order chi connectivity index (χ0) is 13.4. The molecule has 1 unspecified atom stereocenters. The maximum atomic E-state index is 11.4. The fourth-order valence-corrected chi connectivity index (χ4v) is 2.01. The van der Waals surface area contributed by atoms with Gasteiger partial charge in [0.15, 0.2) is 11.2 Å². The van der Waals surface area contributed by atoms with Gasteiger partial charge in [0, 0.05) is 18.8 Å². The minimum atomic E-state index is -0.788. The third kappa shape index (κ3) is 1.94. The lowest BCUT2D eigenvalue weighted by Gasteiger charge is -2.10. The van der Waals surface area contributed by atoms with Crippen LogP contribution < -0.4 is 5.76 Å². The molecule has 0 amide bonds. The first-order chi connectivity index (χ1) is 9.16. The van der Waals surface area contributed by atoms with Crippen LogP contribution in [0.2, 0.25) is 0 Å². The van der Waals surface area contributed by atoms with Gasteiger partial charge < -0.3 is 9.52 Å². The minimum Gasteiger partial charge on any atom is -0.406 e. The summed E-state index contributed by atoms with van der Waals surface area (Å²) >= 11 is 0. The molecular formula is C14H12N2O3. The van der Waals surface area contributed by atoms with Crippen molar-refractivity contribution in [1.29, 1.82) is 0 Å². The maximum Gasteiger partial charge on any atom is 0.420 e. The molecule has 1 atom stereocenters. The molecule has 0 aliphatic rings. The van der Waals surface area contributed by atoms with Crippen LogP contribution in [-0.4, -0.2) is 14.7 Å². The Morgan fingerprint density at radius 2 is 2.00 bits per heavy atom. The Labute approximate surface area is 108 Å². The molecule has 96 valence electrons. The van der Waals surface area contributed by atoms with Crippen molar-refractivity contribution >= 4 is 11.2 Å². The lowest BCUT2D eigenvalue weighted by atomic mass is 10.0. The topological polar surface area (TPSA) is 68.3 Å². The van der Waals surface area contributed by atoms with Crippen LogP contribution in [-0.2, 0) is 7.05 Å². The number of aliphatic hydroxyl groups is 1. The first-order valence-corrected chi connectivity index (χ1v) is 5.85. The summed E-state index contributed by atoms with van der Waals surface area (Å²) in [5.74, 6) is -0.464. The van der Waals surface area contributed by atoms with Gasteiger partial charge in [-0.3, -0.25) is 4.57 Å². The number of oxazole rings is 1. The molecule has 0 saturated carbocycles. The van der Waals surface area contributed by atoms with Gasteiger partial charge in [0.1, 0.15) is 6.10 Å². The summed E-state index contributed by atoms with van der Waals surface area (Å²) in [5.41, 5.74) is 2.20. The molecule has 2 aromatic heterocycles. The number of fused-ring (bicyclic) bond motifs is 1. The number of aryl methyl sites for hydroxylation is 1. The number of benzene rings is 1. The van der Waals surface area contributed by atoms with Gasteiger partial charge in [0.05, 0.1) is 0 Å². The van der Waals surface area contributed by atoms with Crippen molar-refractivity contribution in [3.63, 3.8) is 0 Å². The number of hydrogen-bond acceptors (Lipinski definition) is 4. The largest absolute Gasteiger partial charge is 0.420 e. The number of hydrogen-bond donors (Lipinski definition) is 1. The average molecular weight is 256 g/mol. The van der Waals surface area contributed by atoms with Crippen LogP contribution in [0.4, 0.5) is 0 Å². The standard InChI is InChI=1S/C14H12N2O3/c1-16-13-11(19-14(16)18)7-10(8-15-13)12(17)9-5-3-2-4-6-9/h2-8,12,17H,1H3. The molecule has 0 aliphatic heterocycles. The van der Waals surface area contributed by atoms with Crippen molar-refractivity contribution in [3.8, 4) is 0 Å². The lowest BCUT2D eigenvalue weighted by molar-refractivity contribution is 0.220. The Morgan fingerprint density at radius 1 is 1.26 bits per heavy atom. The van der Waals surface area contributed by atoms with E-state index in [4.69, 9.17) is 4.42 Å². The Balaban J connectivity index is 2.09. The number of aliphatic hydroxyl groups excluding tert-OH is 1. The quantitative estimate of drug-likeness (QED) is 0.756. The number of nitrogens with zero attached hydrogens (tertiary/aromatic N) is 2. The second kappa shape index (κ2) is 4.37. The molecule has 1 aromatic carbocycles. The summed E-state index contributed by atoms with van der Waals surface area (Å²) < 4.78 is 6.39. The van der Waals surface area contributed by atoms with Crippen molar-refractivity contribution in [3.05, 3.63) is 64.3 Å². The Morgan fingerprint density at radius 3 is 2.74 bits per heavy atom. The van der Waals surface area contributed by atoms with Crippen molar-refractivity contribution in [2.24, 2.45) is 7.05 Å². The average Bonchev–Trinajstić information content (AvgIpc) is 2.74. The van der Waals surface area contributed by atoms with Crippen LogP contribution in [0.15, 0.2) is 51.8 Å². The predicted octanol–water partition coefficient (Wildman–Crippen LogP) is 1.61. The molecule has 19 heavy (non-hydrogen) atoms. The van der Waals surface area contributed by atoms with E-state index in [2.05, 4.69) is 4.98 Å². The van der Waals surface area contributed by atoms with Gasteiger partial charge in [-0.25, -0.2) is 9.78 Å². The monoisotopic (exact) mass is 256 g/mol. The molecule has 0 saturated heterocycles. The summed E-state index contributed by atoms with van der Waals surface area (Å²) in [4.78, 5) is 15.5. The maximum absolute atomic E-state index is 11.4. The molecule has 0 bridgehead atoms. The van der Waals surface area contributed by atoms with E-state index in [-0.39, 0.29) is 0 Å². The molecule has 0 aliphatic carbocycles. The summed E-state index contributed by atoms with van der Waals surface area (Å²) in [6.07, 6.45) is 0.762. The number of rotatable bonds is 2. The van der Waals surface area contributed by atoms with E-state index in [0.717, 1.165) is 5.56 Å². The molecule has 5 nitrogen and oxygen atoms in total. The molecule has 3 rings (SSSR count).